The van der Waals surface area contributed by atoms with Gasteiger partial charge in [0.1, 0.15) is 18.5 Å². The van der Waals surface area contributed by atoms with Crippen molar-refractivity contribution in [3.8, 4) is 0 Å². The fraction of sp³-hybridized carbons (Fsp3) is 0.556. The molecule has 4 rings (SSSR count). The minimum Gasteiger partial charge on any atom is -0.261 e. The van der Waals surface area contributed by atoms with Crippen molar-refractivity contribution in [2.45, 2.75) is 134 Å². The summed E-state index contributed by atoms with van der Waals surface area (Å²) in [6.07, 6.45) is 17.3. The first-order valence-electron chi connectivity index (χ1n) is 16.3. The molecule has 4 aromatic heterocycles. The molecule has 0 aliphatic carbocycles. The second kappa shape index (κ2) is 35.5. The number of hydrogen-bond donors (Lipinski definition) is 0. The third-order valence-electron chi connectivity index (χ3n) is 4.72. The zero-order chi connectivity index (χ0) is 34.8. The van der Waals surface area contributed by atoms with Crippen molar-refractivity contribution in [2.24, 2.45) is 0 Å². The molecule has 0 aliphatic heterocycles. The molecule has 8 heteroatoms. The largest absolute Gasteiger partial charge is 0.261 e. The third-order valence-corrected chi connectivity index (χ3v) is 4.72. The maximum absolute atomic E-state index is 4.12. The van der Waals surface area contributed by atoms with Gasteiger partial charge in [0, 0.05) is 61.2 Å². The van der Waals surface area contributed by atoms with Gasteiger partial charge in [0.05, 0.1) is 5.69 Å². The predicted molar refractivity (Wildman–Crippen MR) is 190 cm³/mol. The standard InChI is InChI=1S/4C7H10N2.4C2H6/c1-6(2)7-3-8-5-9-4-7;1-6(2)7-5-8-3-4-9-7;1-6(2)7-3-4-8-5-9-7;1-6(2)7-8-4-3-5-9-7;4*1-2/h4*3-6H,1-2H3;4*1-2H3. The van der Waals surface area contributed by atoms with Gasteiger partial charge in [-0.3, -0.25) is 9.97 Å². The quantitative estimate of drug-likeness (QED) is 0.225. The van der Waals surface area contributed by atoms with Gasteiger partial charge in [0.2, 0.25) is 0 Å². The van der Waals surface area contributed by atoms with Crippen molar-refractivity contribution in [1.82, 2.24) is 39.9 Å². The first-order valence-corrected chi connectivity index (χ1v) is 16.3. The van der Waals surface area contributed by atoms with Crippen molar-refractivity contribution < 1.29 is 0 Å². The van der Waals surface area contributed by atoms with E-state index in [1.54, 1.807) is 49.8 Å². The molecule has 0 aliphatic rings. The van der Waals surface area contributed by atoms with Crippen LogP contribution in [0.15, 0.2) is 74.4 Å². The van der Waals surface area contributed by atoms with Crippen molar-refractivity contribution in [2.75, 3.05) is 0 Å². The van der Waals surface area contributed by atoms with E-state index in [0.717, 1.165) is 17.2 Å². The summed E-state index contributed by atoms with van der Waals surface area (Å²) in [5.41, 5.74) is 3.35. The summed E-state index contributed by atoms with van der Waals surface area (Å²) in [4.78, 5) is 31.9. The highest BCUT2D eigenvalue weighted by atomic mass is 14.9. The van der Waals surface area contributed by atoms with E-state index < -0.39 is 0 Å². The molecule has 8 nitrogen and oxygen atoms in total. The molecule has 0 aromatic carbocycles. The zero-order valence-corrected chi connectivity index (χ0v) is 30.8. The molecule has 0 amide bonds. The second-order valence-corrected chi connectivity index (χ2v) is 9.16. The minimum absolute atomic E-state index is 0.436. The summed E-state index contributed by atoms with van der Waals surface area (Å²) in [7, 11) is 0. The van der Waals surface area contributed by atoms with Gasteiger partial charge in [-0.25, -0.2) is 29.9 Å². The van der Waals surface area contributed by atoms with Crippen LogP contribution in [-0.4, -0.2) is 39.9 Å². The maximum atomic E-state index is 4.12. The summed E-state index contributed by atoms with van der Waals surface area (Å²) in [5.74, 6) is 2.88. The summed E-state index contributed by atoms with van der Waals surface area (Å²) in [6, 6.07) is 3.76. The highest BCUT2D eigenvalue weighted by molar-refractivity contribution is 5.07. The lowest BCUT2D eigenvalue weighted by atomic mass is 10.1. The lowest BCUT2D eigenvalue weighted by Gasteiger charge is -1.99. The van der Waals surface area contributed by atoms with Gasteiger partial charge in [-0.15, -0.1) is 0 Å². The molecule has 0 unspecified atom stereocenters. The van der Waals surface area contributed by atoms with E-state index in [2.05, 4.69) is 95.3 Å². The van der Waals surface area contributed by atoms with E-state index in [4.69, 9.17) is 0 Å². The maximum Gasteiger partial charge on any atom is 0.130 e. The highest BCUT2D eigenvalue weighted by Gasteiger charge is 1.98. The minimum atomic E-state index is 0.436. The molecule has 0 atom stereocenters. The van der Waals surface area contributed by atoms with Crippen LogP contribution in [-0.2, 0) is 0 Å². The van der Waals surface area contributed by atoms with Crippen LogP contribution in [0.2, 0.25) is 0 Å². The Balaban J connectivity index is -0.000000225. The van der Waals surface area contributed by atoms with Crippen molar-refractivity contribution >= 4 is 0 Å². The van der Waals surface area contributed by atoms with Crippen LogP contribution in [0.5, 0.6) is 0 Å². The van der Waals surface area contributed by atoms with Gasteiger partial charge in [0.15, 0.2) is 0 Å². The fourth-order valence-electron chi connectivity index (χ4n) is 2.47. The van der Waals surface area contributed by atoms with Crippen molar-refractivity contribution in [3.63, 3.8) is 0 Å². The topological polar surface area (TPSA) is 103 Å². The lowest BCUT2D eigenvalue weighted by molar-refractivity contribution is 0.774. The number of aromatic nitrogens is 8. The van der Waals surface area contributed by atoms with Gasteiger partial charge in [0.25, 0.3) is 0 Å². The van der Waals surface area contributed by atoms with Gasteiger partial charge in [-0.05, 0) is 35.4 Å². The summed E-state index contributed by atoms with van der Waals surface area (Å²) in [6.45, 7) is 32.8. The first-order chi connectivity index (χ1) is 21.2. The average Bonchev–Trinajstić information content (AvgIpc) is 3.11. The number of nitrogens with zero attached hydrogens (tertiary/aromatic N) is 8. The Bertz CT molecular complexity index is 855. The van der Waals surface area contributed by atoms with Crippen molar-refractivity contribution in [1.29, 1.82) is 0 Å². The molecule has 0 saturated carbocycles. The Morgan fingerprint density at radius 3 is 1.20 bits per heavy atom. The molecule has 0 radical (unpaired) electrons. The smallest absolute Gasteiger partial charge is 0.130 e. The van der Waals surface area contributed by atoms with E-state index in [1.165, 1.54) is 5.56 Å². The molecule has 0 saturated heterocycles. The van der Waals surface area contributed by atoms with Crippen LogP contribution >= 0.6 is 0 Å². The monoisotopic (exact) mass is 609 g/mol. The van der Waals surface area contributed by atoms with Gasteiger partial charge in [-0.2, -0.15) is 0 Å². The third kappa shape index (κ3) is 27.2. The van der Waals surface area contributed by atoms with Gasteiger partial charge in [-0.1, -0.05) is 111 Å². The van der Waals surface area contributed by atoms with Gasteiger partial charge >= 0.3 is 0 Å². The van der Waals surface area contributed by atoms with Crippen LogP contribution in [0.4, 0.5) is 0 Å². The SMILES string of the molecule is CC.CC.CC.CC.CC(C)c1ccncn1.CC(C)c1cnccn1.CC(C)c1cncnc1.CC(C)c1ncccn1. The fourth-order valence-corrected chi connectivity index (χ4v) is 2.47. The van der Waals surface area contributed by atoms with Crippen LogP contribution in [0.3, 0.4) is 0 Å². The molecule has 0 spiro atoms. The highest BCUT2D eigenvalue weighted by Crippen LogP contribution is 2.09. The average molecular weight is 609 g/mol. The molecule has 4 heterocycles. The van der Waals surface area contributed by atoms with Crippen LogP contribution in [0.1, 0.15) is 157 Å². The number of hydrogen-bond acceptors (Lipinski definition) is 8. The Labute approximate surface area is 271 Å². The van der Waals surface area contributed by atoms with Crippen LogP contribution < -0.4 is 0 Å². The molecule has 0 N–H and O–H groups in total. The van der Waals surface area contributed by atoms with E-state index in [1.807, 2.05) is 79.9 Å². The van der Waals surface area contributed by atoms with E-state index in [0.29, 0.717) is 23.7 Å². The molecule has 44 heavy (non-hydrogen) atoms. The van der Waals surface area contributed by atoms with Crippen LogP contribution in [0, 0.1) is 0 Å². The molecule has 248 valence electrons. The summed E-state index contributed by atoms with van der Waals surface area (Å²) < 4.78 is 0. The van der Waals surface area contributed by atoms with Gasteiger partial charge < -0.3 is 0 Å². The van der Waals surface area contributed by atoms with E-state index in [9.17, 15) is 0 Å². The zero-order valence-electron chi connectivity index (χ0n) is 30.8. The lowest BCUT2D eigenvalue weighted by Crippen LogP contribution is -1.93. The van der Waals surface area contributed by atoms with E-state index >= 15 is 0 Å². The molecular weight excluding hydrogens is 544 g/mol. The Hall–Kier alpha value is -3.68. The summed E-state index contributed by atoms with van der Waals surface area (Å²) >= 11 is 0. The Morgan fingerprint density at radius 2 is 0.932 bits per heavy atom. The Kier molecular flexibility index (Phi) is 38.1. The van der Waals surface area contributed by atoms with Crippen molar-refractivity contribution in [3.05, 3.63) is 97.1 Å². The molecule has 0 bridgehead atoms. The van der Waals surface area contributed by atoms with Crippen LogP contribution in [0.25, 0.3) is 0 Å². The second-order valence-electron chi connectivity index (χ2n) is 9.16. The number of rotatable bonds is 4. The molecular formula is C36H64N8. The molecule has 0 fully saturated rings. The molecule has 4 aromatic rings. The normalized spacial score (nSPS) is 8.82. The summed E-state index contributed by atoms with van der Waals surface area (Å²) in [5, 5.41) is 0. The Morgan fingerprint density at radius 1 is 0.409 bits per heavy atom. The predicted octanol–water partition coefficient (Wildman–Crippen LogP) is 10.5. The first kappa shape index (κ1) is 47.3. The van der Waals surface area contributed by atoms with E-state index in [-0.39, 0.29) is 0 Å².